The number of piperazine rings is 1. The predicted octanol–water partition coefficient (Wildman–Crippen LogP) is 2.28. The van der Waals surface area contributed by atoms with Gasteiger partial charge in [0, 0.05) is 44.7 Å². The zero-order valence-electron chi connectivity index (χ0n) is 17.0. The van der Waals surface area contributed by atoms with Crippen LogP contribution < -0.4 is 10.4 Å². The third-order valence-electron chi connectivity index (χ3n) is 5.62. The molecule has 0 unspecified atom stereocenters. The van der Waals surface area contributed by atoms with E-state index in [9.17, 15) is 9.90 Å². The maximum absolute atomic E-state index is 12.8. The normalized spacial score (nSPS) is 15.5. The smallest absolute Gasteiger partial charge is 0.344 e. The quantitative estimate of drug-likeness (QED) is 0.603. The average molecular weight is 410 g/mol. The van der Waals surface area contributed by atoms with E-state index in [0.29, 0.717) is 35.5 Å². The standard InChI is InChI=1S/C23H26N2O5/c1-29-18-4-2-3-16(13-18)19-14-17-5-6-21(27)20(22(17)30-23(19)28)15-25-9-7-24(8-10-25)11-12-26/h2-6,13-14,26-27H,7-12,15H2,1H3. The first-order valence-electron chi connectivity index (χ1n) is 10.1. The summed E-state index contributed by atoms with van der Waals surface area (Å²) in [6.07, 6.45) is 0. The van der Waals surface area contributed by atoms with Gasteiger partial charge in [-0.05, 0) is 35.9 Å². The molecule has 0 radical (unpaired) electrons. The number of phenols is 1. The highest BCUT2D eigenvalue weighted by molar-refractivity contribution is 5.85. The number of nitrogens with zero attached hydrogens (tertiary/aromatic N) is 2. The summed E-state index contributed by atoms with van der Waals surface area (Å²) in [5, 5.41) is 20.3. The molecule has 7 nitrogen and oxygen atoms in total. The van der Waals surface area contributed by atoms with E-state index >= 15 is 0 Å². The Labute approximate surface area is 174 Å². The summed E-state index contributed by atoms with van der Waals surface area (Å²) in [5.74, 6) is 0.788. The van der Waals surface area contributed by atoms with Crippen molar-refractivity contribution in [2.24, 2.45) is 0 Å². The van der Waals surface area contributed by atoms with Gasteiger partial charge in [-0.2, -0.15) is 0 Å². The van der Waals surface area contributed by atoms with Crippen LogP contribution in [0.15, 0.2) is 51.7 Å². The summed E-state index contributed by atoms with van der Waals surface area (Å²) in [6.45, 7) is 4.69. The number of benzene rings is 2. The van der Waals surface area contributed by atoms with Crippen molar-refractivity contribution in [1.29, 1.82) is 0 Å². The van der Waals surface area contributed by atoms with Crippen LogP contribution in [0, 0.1) is 0 Å². The highest BCUT2D eigenvalue weighted by atomic mass is 16.5. The first kappa shape index (κ1) is 20.4. The van der Waals surface area contributed by atoms with Crippen LogP contribution in [0.4, 0.5) is 0 Å². The SMILES string of the molecule is COc1cccc(-c2cc3ccc(O)c(CN4CCN(CCO)CC4)c3oc2=O)c1. The largest absolute Gasteiger partial charge is 0.507 e. The van der Waals surface area contributed by atoms with Gasteiger partial charge in [0.15, 0.2) is 0 Å². The Kier molecular flexibility index (Phi) is 6.03. The Morgan fingerprint density at radius 3 is 2.57 bits per heavy atom. The van der Waals surface area contributed by atoms with Gasteiger partial charge >= 0.3 is 5.63 Å². The minimum absolute atomic E-state index is 0.123. The Morgan fingerprint density at radius 2 is 1.83 bits per heavy atom. The molecule has 2 aromatic carbocycles. The summed E-state index contributed by atoms with van der Waals surface area (Å²) in [7, 11) is 1.58. The maximum atomic E-state index is 12.8. The van der Waals surface area contributed by atoms with Crippen molar-refractivity contribution in [2.45, 2.75) is 6.54 Å². The molecule has 0 aliphatic carbocycles. The number of rotatable bonds is 6. The first-order valence-corrected chi connectivity index (χ1v) is 10.1. The molecule has 7 heteroatoms. The lowest BCUT2D eigenvalue weighted by atomic mass is 10.0. The van der Waals surface area contributed by atoms with Crippen LogP contribution in [0.3, 0.4) is 0 Å². The first-order chi connectivity index (χ1) is 14.6. The fourth-order valence-corrected chi connectivity index (χ4v) is 3.91. The van der Waals surface area contributed by atoms with Gasteiger partial charge in [-0.1, -0.05) is 12.1 Å². The van der Waals surface area contributed by atoms with Gasteiger partial charge in [-0.25, -0.2) is 4.79 Å². The van der Waals surface area contributed by atoms with Gasteiger partial charge in [-0.3, -0.25) is 9.80 Å². The van der Waals surface area contributed by atoms with Crippen LogP contribution >= 0.6 is 0 Å². The number of hydrogen-bond acceptors (Lipinski definition) is 7. The number of β-amino-alcohol motifs (C(OH)–C–C–N with tert-alkyl or cyclic N) is 1. The van der Waals surface area contributed by atoms with E-state index in [1.54, 1.807) is 31.4 Å². The molecule has 1 aliphatic heterocycles. The molecule has 0 atom stereocenters. The van der Waals surface area contributed by atoms with Crippen molar-refractivity contribution in [3.8, 4) is 22.6 Å². The summed E-state index contributed by atoms with van der Waals surface area (Å²) < 4.78 is 11.0. The van der Waals surface area contributed by atoms with E-state index < -0.39 is 5.63 Å². The molecule has 1 aliphatic rings. The number of phenolic OH excluding ortho intramolecular Hbond substituents is 1. The minimum atomic E-state index is -0.449. The third kappa shape index (κ3) is 4.18. The average Bonchev–Trinajstić information content (AvgIpc) is 2.77. The highest BCUT2D eigenvalue weighted by Crippen LogP contribution is 2.31. The van der Waals surface area contributed by atoms with E-state index in [1.165, 1.54) is 0 Å². The van der Waals surface area contributed by atoms with Gasteiger partial charge in [-0.15, -0.1) is 0 Å². The zero-order chi connectivity index (χ0) is 21.1. The van der Waals surface area contributed by atoms with E-state index in [2.05, 4.69) is 9.80 Å². The number of ether oxygens (including phenoxy) is 1. The number of methoxy groups -OCH3 is 1. The molecule has 1 saturated heterocycles. The number of aliphatic hydroxyl groups is 1. The summed E-state index contributed by atoms with van der Waals surface area (Å²) in [6, 6.07) is 12.5. The van der Waals surface area contributed by atoms with E-state index in [-0.39, 0.29) is 12.4 Å². The Balaban J connectivity index is 1.66. The van der Waals surface area contributed by atoms with Gasteiger partial charge < -0.3 is 19.4 Å². The number of aromatic hydroxyl groups is 1. The van der Waals surface area contributed by atoms with Crippen molar-refractivity contribution in [3.05, 3.63) is 58.4 Å². The van der Waals surface area contributed by atoms with Gasteiger partial charge in [0.25, 0.3) is 0 Å². The molecule has 158 valence electrons. The molecule has 1 fully saturated rings. The molecule has 0 amide bonds. The predicted molar refractivity (Wildman–Crippen MR) is 115 cm³/mol. The van der Waals surface area contributed by atoms with Crippen LogP contribution in [-0.2, 0) is 6.54 Å². The maximum Gasteiger partial charge on any atom is 0.344 e. The Bertz CT molecular complexity index is 1090. The van der Waals surface area contributed by atoms with E-state index in [4.69, 9.17) is 14.3 Å². The fourth-order valence-electron chi connectivity index (χ4n) is 3.91. The molecular formula is C23H26N2O5. The van der Waals surface area contributed by atoms with E-state index in [0.717, 1.165) is 37.1 Å². The van der Waals surface area contributed by atoms with Crippen LogP contribution in [0.25, 0.3) is 22.1 Å². The molecule has 1 aromatic heterocycles. The molecule has 2 heterocycles. The zero-order valence-corrected chi connectivity index (χ0v) is 17.0. The lowest BCUT2D eigenvalue weighted by Gasteiger charge is -2.34. The second-order valence-electron chi connectivity index (χ2n) is 7.50. The van der Waals surface area contributed by atoms with Crippen LogP contribution in [0.5, 0.6) is 11.5 Å². The second kappa shape index (κ2) is 8.87. The van der Waals surface area contributed by atoms with Crippen molar-refractivity contribution < 1.29 is 19.4 Å². The summed E-state index contributed by atoms with van der Waals surface area (Å²) in [5.41, 5.74) is 1.77. The lowest BCUT2D eigenvalue weighted by Crippen LogP contribution is -2.46. The van der Waals surface area contributed by atoms with Crippen molar-refractivity contribution in [3.63, 3.8) is 0 Å². The minimum Gasteiger partial charge on any atom is -0.507 e. The molecule has 4 rings (SSSR count). The Hall–Kier alpha value is -2.87. The third-order valence-corrected chi connectivity index (χ3v) is 5.62. The number of hydrogen-bond donors (Lipinski definition) is 2. The molecule has 0 bridgehead atoms. The molecule has 3 aromatic rings. The highest BCUT2D eigenvalue weighted by Gasteiger charge is 2.20. The topological polar surface area (TPSA) is 86.4 Å². The number of fused-ring (bicyclic) bond motifs is 1. The second-order valence-corrected chi connectivity index (χ2v) is 7.50. The Morgan fingerprint density at radius 1 is 1.07 bits per heavy atom. The molecular weight excluding hydrogens is 384 g/mol. The summed E-state index contributed by atoms with van der Waals surface area (Å²) in [4.78, 5) is 17.2. The molecule has 2 N–H and O–H groups in total. The van der Waals surface area contributed by atoms with Crippen molar-refractivity contribution >= 4 is 11.0 Å². The monoisotopic (exact) mass is 410 g/mol. The number of aliphatic hydroxyl groups excluding tert-OH is 1. The van der Waals surface area contributed by atoms with Gasteiger partial charge in [0.2, 0.25) is 0 Å². The van der Waals surface area contributed by atoms with Crippen molar-refractivity contribution in [1.82, 2.24) is 9.80 Å². The fraction of sp³-hybridized carbons (Fsp3) is 0.348. The van der Waals surface area contributed by atoms with Crippen molar-refractivity contribution in [2.75, 3.05) is 46.4 Å². The van der Waals surface area contributed by atoms with Gasteiger partial charge in [0.05, 0.1) is 24.8 Å². The van der Waals surface area contributed by atoms with Crippen LogP contribution in [-0.4, -0.2) is 66.5 Å². The van der Waals surface area contributed by atoms with Gasteiger partial charge in [0.1, 0.15) is 17.1 Å². The van der Waals surface area contributed by atoms with Crippen LogP contribution in [0.2, 0.25) is 0 Å². The molecule has 30 heavy (non-hydrogen) atoms. The lowest BCUT2D eigenvalue weighted by molar-refractivity contribution is 0.108. The molecule has 0 saturated carbocycles. The molecule has 0 spiro atoms. The summed E-state index contributed by atoms with van der Waals surface area (Å²) >= 11 is 0. The van der Waals surface area contributed by atoms with Crippen LogP contribution in [0.1, 0.15) is 5.56 Å². The van der Waals surface area contributed by atoms with E-state index in [1.807, 2.05) is 18.2 Å².